The fraction of sp³-hybridized carbons (Fsp3) is 0.0526. The zero-order valence-corrected chi connectivity index (χ0v) is 15.6. The first-order valence-electron chi connectivity index (χ1n) is 7.74. The Labute approximate surface area is 154 Å². The van der Waals surface area contributed by atoms with E-state index in [-0.39, 0.29) is 0 Å². The van der Waals surface area contributed by atoms with Crippen molar-refractivity contribution in [2.24, 2.45) is 0 Å². The number of pyridine rings is 2. The topological polar surface area (TPSA) is 47.3 Å². The van der Waals surface area contributed by atoms with Crippen LogP contribution in [-0.4, -0.2) is 28.2 Å². The summed E-state index contributed by atoms with van der Waals surface area (Å²) in [6.45, 7) is 0. The number of imidazole rings is 1. The van der Waals surface area contributed by atoms with Crippen molar-refractivity contribution >= 4 is 35.5 Å². The molecule has 0 radical (unpaired) electrons. The molecule has 0 amide bonds. The average Bonchev–Trinajstić information content (AvgIpc) is 3.04. The molecule has 4 rings (SSSR count). The van der Waals surface area contributed by atoms with Crippen molar-refractivity contribution in [3.05, 3.63) is 83.6 Å². The van der Waals surface area contributed by atoms with E-state index in [9.17, 15) is 3.83 Å². The van der Waals surface area contributed by atoms with E-state index in [1.807, 2.05) is 71.3 Å². The van der Waals surface area contributed by atoms with Crippen LogP contribution < -0.4 is 4.59 Å². The molecule has 0 fully saturated rings. The maximum atomic E-state index is 13.1. The van der Waals surface area contributed by atoms with Crippen molar-refractivity contribution in [2.75, 3.05) is 0 Å². The molecule has 124 valence electrons. The van der Waals surface area contributed by atoms with Crippen LogP contribution in [0, 0.1) is 0 Å². The molecule has 1 atom stereocenters. The van der Waals surface area contributed by atoms with Crippen molar-refractivity contribution in [3.63, 3.8) is 0 Å². The summed E-state index contributed by atoms with van der Waals surface area (Å²) in [7, 11) is 0. The van der Waals surface area contributed by atoms with Gasteiger partial charge in [-0.3, -0.25) is 0 Å². The minimum absolute atomic E-state index is 0.420. The molecule has 0 N–H and O–H groups in total. The van der Waals surface area contributed by atoms with Crippen molar-refractivity contribution in [1.29, 1.82) is 0 Å². The van der Waals surface area contributed by atoms with Crippen LogP contribution in [0.5, 0.6) is 0 Å². The van der Waals surface area contributed by atoms with E-state index in [2.05, 4.69) is 9.97 Å². The third-order valence-corrected chi connectivity index (χ3v) is 6.98. The summed E-state index contributed by atoms with van der Waals surface area (Å²) in [6.07, 6.45) is 3.65. The van der Waals surface area contributed by atoms with Gasteiger partial charge in [-0.1, -0.05) is 0 Å². The summed E-state index contributed by atoms with van der Waals surface area (Å²) in [5.74, 6) is 0.704. The van der Waals surface area contributed by atoms with E-state index in [0.29, 0.717) is 20.8 Å². The number of fused-ring (bicyclic) bond motifs is 1. The Hall–Kier alpha value is -2.33. The van der Waals surface area contributed by atoms with E-state index in [1.54, 1.807) is 6.20 Å². The number of nitrogens with zero attached hydrogens (tertiary/aromatic N) is 3. The first-order chi connectivity index (χ1) is 12.2. The van der Waals surface area contributed by atoms with Crippen LogP contribution in [0.1, 0.15) is 5.56 Å². The summed E-state index contributed by atoms with van der Waals surface area (Å²) in [4.78, 5) is 9.06. The third kappa shape index (κ3) is 3.14. The van der Waals surface area contributed by atoms with Crippen molar-refractivity contribution in [2.45, 2.75) is 5.32 Å². The molecule has 4 aromatic rings. The maximum absolute atomic E-state index is 13.1. The van der Waals surface area contributed by atoms with Gasteiger partial charge in [0.25, 0.3) is 0 Å². The molecule has 0 saturated carbocycles. The predicted molar refractivity (Wildman–Crippen MR) is 99.7 cm³/mol. The van der Waals surface area contributed by atoms with Crippen LogP contribution in [0.15, 0.2) is 73.1 Å². The summed E-state index contributed by atoms with van der Waals surface area (Å²) >= 11 is 3.81. The van der Waals surface area contributed by atoms with E-state index in [4.69, 9.17) is 11.6 Å². The van der Waals surface area contributed by atoms with E-state index in [1.165, 1.54) is 0 Å². The van der Waals surface area contributed by atoms with Gasteiger partial charge in [0.2, 0.25) is 0 Å². The second-order valence-corrected chi connectivity index (χ2v) is 8.77. The van der Waals surface area contributed by atoms with Crippen LogP contribution >= 0.6 is 11.6 Å². The van der Waals surface area contributed by atoms with Gasteiger partial charge in [-0.25, -0.2) is 0 Å². The fourth-order valence-corrected chi connectivity index (χ4v) is 5.70. The summed E-state index contributed by atoms with van der Waals surface area (Å²) in [5, 5.41) is 1.06. The van der Waals surface area contributed by atoms with Gasteiger partial charge in [0.15, 0.2) is 0 Å². The molecule has 6 heteroatoms. The SMILES string of the molecule is O=[Se](Cc1ccccc1Cl)c1nc(-c2ccccn2)n2ccccc12. The predicted octanol–water partition coefficient (Wildman–Crippen LogP) is 3.46. The standard InChI is InChI=1S/C19H14ClN3OSe/c20-15-8-2-1-7-14(15)13-25(24)19-17-10-4-6-12-23(17)18(22-19)16-9-3-5-11-21-16/h1-12H,13H2. The first-order valence-corrected chi connectivity index (χ1v) is 10.9. The first kappa shape index (κ1) is 16.2. The van der Waals surface area contributed by atoms with Crippen LogP contribution in [0.4, 0.5) is 0 Å². The van der Waals surface area contributed by atoms with Gasteiger partial charge in [0.05, 0.1) is 0 Å². The van der Waals surface area contributed by atoms with Gasteiger partial charge in [-0.15, -0.1) is 0 Å². The van der Waals surface area contributed by atoms with Crippen LogP contribution in [0.25, 0.3) is 17.0 Å². The Morgan fingerprint density at radius 1 is 1.00 bits per heavy atom. The molecular weight excluding hydrogens is 401 g/mol. The number of benzene rings is 1. The Bertz CT molecular complexity index is 1060. The van der Waals surface area contributed by atoms with Crippen molar-refractivity contribution < 1.29 is 3.83 Å². The summed E-state index contributed by atoms with van der Waals surface area (Å²) in [6, 6.07) is 19.0. The Morgan fingerprint density at radius 2 is 1.80 bits per heavy atom. The molecule has 3 heterocycles. The van der Waals surface area contributed by atoms with Gasteiger partial charge < -0.3 is 0 Å². The van der Waals surface area contributed by atoms with Crippen LogP contribution in [0.2, 0.25) is 5.02 Å². The van der Waals surface area contributed by atoms with Crippen molar-refractivity contribution in [3.8, 4) is 11.5 Å². The van der Waals surface area contributed by atoms with E-state index >= 15 is 0 Å². The number of halogens is 1. The van der Waals surface area contributed by atoms with Gasteiger partial charge in [-0.2, -0.15) is 0 Å². The summed E-state index contributed by atoms with van der Waals surface area (Å²) in [5.41, 5.74) is 2.50. The molecule has 4 nitrogen and oxygen atoms in total. The molecule has 25 heavy (non-hydrogen) atoms. The number of aromatic nitrogens is 3. The fourth-order valence-electron chi connectivity index (χ4n) is 2.68. The Morgan fingerprint density at radius 3 is 2.60 bits per heavy atom. The van der Waals surface area contributed by atoms with Gasteiger partial charge in [-0.05, 0) is 0 Å². The van der Waals surface area contributed by atoms with Gasteiger partial charge >= 0.3 is 154 Å². The number of hydrogen-bond acceptors (Lipinski definition) is 3. The molecular formula is C19H14ClN3OSe. The van der Waals surface area contributed by atoms with Gasteiger partial charge in [0, 0.05) is 0 Å². The Kier molecular flexibility index (Phi) is 4.45. The van der Waals surface area contributed by atoms with Crippen molar-refractivity contribution in [1.82, 2.24) is 14.4 Å². The molecule has 0 bridgehead atoms. The van der Waals surface area contributed by atoms with Crippen LogP contribution in [0.3, 0.4) is 0 Å². The third-order valence-electron chi connectivity index (χ3n) is 3.87. The number of hydrogen-bond donors (Lipinski definition) is 0. The normalized spacial score (nSPS) is 12.4. The zero-order valence-electron chi connectivity index (χ0n) is 13.2. The second kappa shape index (κ2) is 6.88. The van der Waals surface area contributed by atoms with E-state index < -0.39 is 13.8 Å². The zero-order chi connectivity index (χ0) is 17.2. The molecule has 1 aromatic carbocycles. The second-order valence-electron chi connectivity index (χ2n) is 5.49. The molecule has 0 spiro atoms. The minimum atomic E-state index is -2.41. The monoisotopic (exact) mass is 415 g/mol. The molecule has 3 aromatic heterocycles. The molecule has 0 aliphatic carbocycles. The Balaban J connectivity index is 1.80. The summed E-state index contributed by atoms with van der Waals surface area (Å²) < 4.78 is 15.7. The molecule has 0 saturated heterocycles. The van der Waals surface area contributed by atoms with Gasteiger partial charge in [0.1, 0.15) is 0 Å². The quantitative estimate of drug-likeness (QED) is 0.480. The van der Waals surface area contributed by atoms with Crippen LogP contribution in [-0.2, 0) is 9.15 Å². The van der Waals surface area contributed by atoms with E-state index in [0.717, 1.165) is 16.8 Å². The average molecular weight is 415 g/mol. The molecule has 0 aliphatic heterocycles. The number of rotatable bonds is 4. The molecule has 1 unspecified atom stereocenters. The molecule has 0 aliphatic rings.